The Morgan fingerprint density at radius 1 is 1.53 bits per heavy atom. The van der Waals surface area contributed by atoms with Gasteiger partial charge >= 0.3 is 0 Å². The van der Waals surface area contributed by atoms with E-state index in [9.17, 15) is 4.79 Å². The highest BCUT2D eigenvalue weighted by Crippen LogP contribution is 2.14. The van der Waals surface area contributed by atoms with Crippen molar-refractivity contribution in [1.82, 2.24) is 10.3 Å². The van der Waals surface area contributed by atoms with Crippen LogP contribution in [0.25, 0.3) is 0 Å². The Bertz CT molecular complexity index is 392. The SMILES string of the molecule is CCC(C)(CCN)NC(=O)c1cccc(C)n1. The fourth-order valence-corrected chi connectivity index (χ4v) is 1.65. The van der Waals surface area contributed by atoms with Crippen LogP contribution in [0.5, 0.6) is 0 Å². The first-order chi connectivity index (χ1) is 8.00. The summed E-state index contributed by atoms with van der Waals surface area (Å²) in [6.07, 6.45) is 1.61. The van der Waals surface area contributed by atoms with Crippen molar-refractivity contribution in [2.24, 2.45) is 5.73 Å². The molecule has 0 saturated carbocycles. The van der Waals surface area contributed by atoms with E-state index in [0.717, 1.165) is 18.5 Å². The van der Waals surface area contributed by atoms with Crippen molar-refractivity contribution >= 4 is 5.91 Å². The van der Waals surface area contributed by atoms with Crippen LogP contribution in [0, 0.1) is 6.92 Å². The highest BCUT2D eigenvalue weighted by molar-refractivity contribution is 5.92. The Morgan fingerprint density at radius 2 is 2.24 bits per heavy atom. The molecule has 0 fully saturated rings. The summed E-state index contributed by atoms with van der Waals surface area (Å²) in [6.45, 7) is 6.48. The molecule has 0 aromatic carbocycles. The fourth-order valence-electron chi connectivity index (χ4n) is 1.65. The van der Waals surface area contributed by atoms with Crippen LogP contribution >= 0.6 is 0 Å². The maximum atomic E-state index is 12.0. The molecule has 0 saturated heterocycles. The first-order valence-electron chi connectivity index (χ1n) is 5.97. The van der Waals surface area contributed by atoms with Gasteiger partial charge in [-0.1, -0.05) is 13.0 Å². The van der Waals surface area contributed by atoms with E-state index in [-0.39, 0.29) is 11.4 Å². The summed E-state index contributed by atoms with van der Waals surface area (Å²) >= 11 is 0. The lowest BCUT2D eigenvalue weighted by Gasteiger charge is -2.29. The summed E-state index contributed by atoms with van der Waals surface area (Å²) in [5.41, 5.74) is 6.61. The van der Waals surface area contributed by atoms with Crippen molar-refractivity contribution < 1.29 is 4.79 Å². The predicted molar refractivity (Wildman–Crippen MR) is 68.8 cm³/mol. The van der Waals surface area contributed by atoms with E-state index in [2.05, 4.69) is 10.3 Å². The summed E-state index contributed by atoms with van der Waals surface area (Å²) in [6, 6.07) is 5.43. The van der Waals surface area contributed by atoms with Gasteiger partial charge in [-0.15, -0.1) is 0 Å². The molecule has 1 rings (SSSR count). The van der Waals surface area contributed by atoms with E-state index in [1.807, 2.05) is 32.9 Å². The molecular formula is C13H21N3O. The predicted octanol–water partition coefficient (Wildman–Crippen LogP) is 1.64. The number of nitrogens with zero attached hydrogens (tertiary/aromatic N) is 1. The molecule has 0 aliphatic carbocycles. The molecule has 1 heterocycles. The largest absolute Gasteiger partial charge is 0.346 e. The average Bonchev–Trinajstić information content (AvgIpc) is 2.29. The third kappa shape index (κ3) is 3.82. The lowest BCUT2D eigenvalue weighted by atomic mass is 9.94. The van der Waals surface area contributed by atoms with E-state index < -0.39 is 0 Å². The highest BCUT2D eigenvalue weighted by atomic mass is 16.2. The lowest BCUT2D eigenvalue weighted by molar-refractivity contribution is 0.0894. The third-order valence-electron chi connectivity index (χ3n) is 3.01. The fraction of sp³-hybridized carbons (Fsp3) is 0.538. The van der Waals surface area contributed by atoms with Gasteiger partial charge in [0.05, 0.1) is 0 Å². The molecule has 1 aromatic heterocycles. The number of amides is 1. The van der Waals surface area contributed by atoms with Crippen molar-refractivity contribution in [3.63, 3.8) is 0 Å². The topological polar surface area (TPSA) is 68.0 Å². The van der Waals surface area contributed by atoms with Crippen LogP contribution in [0.3, 0.4) is 0 Å². The van der Waals surface area contributed by atoms with Crippen LogP contribution in [0.15, 0.2) is 18.2 Å². The molecule has 1 atom stereocenters. The van der Waals surface area contributed by atoms with Crippen LogP contribution in [-0.2, 0) is 0 Å². The van der Waals surface area contributed by atoms with E-state index in [4.69, 9.17) is 5.73 Å². The van der Waals surface area contributed by atoms with Crippen LogP contribution in [0.2, 0.25) is 0 Å². The molecule has 0 radical (unpaired) electrons. The number of carbonyl (C=O) groups is 1. The smallest absolute Gasteiger partial charge is 0.270 e. The average molecular weight is 235 g/mol. The van der Waals surface area contributed by atoms with E-state index >= 15 is 0 Å². The zero-order chi connectivity index (χ0) is 12.9. The molecule has 1 aromatic rings. The van der Waals surface area contributed by atoms with Crippen LogP contribution in [-0.4, -0.2) is 23.0 Å². The van der Waals surface area contributed by atoms with E-state index in [1.165, 1.54) is 0 Å². The molecule has 0 spiro atoms. The Morgan fingerprint density at radius 3 is 2.76 bits per heavy atom. The molecule has 0 bridgehead atoms. The molecule has 94 valence electrons. The first kappa shape index (κ1) is 13.6. The van der Waals surface area contributed by atoms with Gasteiger partial charge in [-0.2, -0.15) is 0 Å². The number of aromatic nitrogens is 1. The molecule has 4 heteroatoms. The molecule has 4 nitrogen and oxygen atoms in total. The van der Waals surface area contributed by atoms with Crippen LogP contribution < -0.4 is 11.1 Å². The number of pyridine rings is 1. The number of hydrogen-bond donors (Lipinski definition) is 2. The number of hydrogen-bond acceptors (Lipinski definition) is 3. The van der Waals surface area contributed by atoms with Gasteiger partial charge in [-0.3, -0.25) is 4.79 Å². The van der Waals surface area contributed by atoms with Gasteiger partial charge in [0.25, 0.3) is 5.91 Å². The number of aryl methyl sites for hydroxylation is 1. The molecule has 0 aliphatic rings. The molecule has 1 unspecified atom stereocenters. The quantitative estimate of drug-likeness (QED) is 0.815. The zero-order valence-corrected chi connectivity index (χ0v) is 10.8. The first-order valence-corrected chi connectivity index (χ1v) is 5.97. The number of carbonyl (C=O) groups excluding carboxylic acids is 1. The monoisotopic (exact) mass is 235 g/mol. The summed E-state index contributed by atoms with van der Waals surface area (Å²) in [5.74, 6) is -0.133. The minimum atomic E-state index is -0.253. The molecular weight excluding hydrogens is 214 g/mol. The summed E-state index contributed by atoms with van der Waals surface area (Å²) in [5, 5.41) is 3.01. The minimum Gasteiger partial charge on any atom is -0.346 e. The Hall–Kier alpha value is -1.42. The molecule has 1 amide bonds. The van der Waals surface area contributed by atoms with Crippen molar-refractivity contribution in [3.05, 3.63) is 29.6 Å². The lowest BCUT2D eigenvalue weighted by Crippen LogP contribution is -2.47. The minimum absolute atomic E-state index is 0.133. The van der Waals surface area contributed by atoms with Crippen molar-refractivity contribution in [2.75, 3.05) is 6.54 Å². The third-order valence-corrected chi connectivity index (χ3v) is 3.01. The van der Waals surface area contributed by atoms with Crippen molar-refractivity contribution in [2.45, 2.75) is 39.2 Å². The van der Waals surface area contributed by atoms with Crippen molar-refractivity contribution in [1.29, 1.82) is 0 Å². The zero-order valence-electron chi connectivity index (χ0n) is 10.8. The van der Waals surface area contributed by atoms with E-state index in [1.54, 1.807) is 6.07 Å². The Labute approximate surface area is 103 Å². The van der Waals surface area contributed by atoms with Gasteiger partial charge in [0.2, 0.25) is 0 Å². The number of rotatable bonds is 5. The standard InChI is InChI=1S/C13H21N3O/c1-4-13(3,8-9-14)16-12(17)11-7-5-6-10(2)15-11/h5-7H,4,8-9,14H2,1-3H3,(H,16,17). The van der Waals surface area contributed by atoms with Crippen LogP contribution in [0.1, 0.15) is 42.9 Å². The maximum Gasteiger partial charge on any atom is 0.270 e. The summed E-state index contributed by atoms with van der Waals surface area (Å²) in [4.78, 5) is 16.2. The number of nitrogens with one attached hydrogen (secondary N) is 1. The van der Waals surface area contributed by atoms with Gasteiger partial charge in [0.1, 0.15) is 5.69 Å². The second kappa shape index (κ2) is 5.77. The summed E-state index contributed by atoms with van der Waals surface area (Å²) in [7, 11) is 0. The van der Waals surface area contributed by atoms with E-state index in [0.29, 0.717) is 12.2 Å². The van der Waals surface area contributed by atoms with Gasteiger partial charge in [-0.05, 0) is 45.4 Å². The maximum absolute atomic E-state index is 12.0. The molecule has 17 heavy (non-hydrogen) atoms. The number of nitrogens with two attached hydrogens (primary N) is 1. The second-order valence-corrected chi connectivity index (χ2v) is 4.57. The van der Waals surface area contributed by atoms with Crippen molar-refractivity contribution in [3.8, 4) is 0 Å². The van der Waals surface area contributed by atoms with Gasteiger partial charge in [0, 0.05) is 11.2 Å². The van der Waals surface area contributed by atoms with Gasteiger partial charge < -0.3 is 11.1 Å². The van der Waals surface area contributed by atoms with Crippen LogP contribution in [0.4, 0.5) is 0 Å². The Kier molecular flexibility index (Phi) is 4.63. The Balaban J connectivity index is 2.77. The molecule has 0 aliphatic heterocycles. The second-order valence-electron chi connectivity index (χ2n) is 4.57. The van der Waals surface area contributed by atoms with Gasteiger partial charge in [0.15, 0.2) is 0 Å². The normalized spacial score (nSPS) is 14.1. The molecule has 3 N–H and O–H groups in total. The van der Waals surface area contributed by atoms with Gasteiger partial charge in [-0.25, -0.2) is 4.98 Å². The highest BCUT2D eigenvalue weighted by Gasteiger charge is 2.24. The summed E-state index contributed by atoms with van der Waals surface area (Å²) < 4.78 is 0.